The molecule has 3 nitrogen and oxygen atoms in total. The highest BCUT2D eigenvalue weighted by molar-refractivity contribution is 5.64. The molecule has 0 aliphatic rings. The Bertz CT molecular complexity index is 420. The highest BCUT2D eigenvalue weighted by Crippen LogP contribution is 2.28. The molecule has 13 heavy (non-hydrogen) atoms. The fraction of sp³-hybridized carbons (Fsp3) is 0.100. The molecule has 0 saturated carbocycles. The summed E-state index contributed by atoms with van der Waals surface area (Å²) in [7, 11) is 0. The molecule has 0 amide bonds. The second kappa shape index (κ2) is 2.94. The monoisotopic (exact) mass is 175 g/mol. The molecule has 0 aliphatic carbocycles. The Morgan fingerprint density at radius 3 is 2.69 bits per heavy atom. The quantitative estimate of drug-likeness (QED) is 0.723. The van der Waals surface area contributed by atoms with E-state index in [0.717, 1.165) is 5.69 Å². The van der Waals surface area contributed by atoms with E-state index in [9.17, 15) is 5.11 Å². The summed E-state index contributed by atoms with van der Waals surface area (Å²) in [5, 5.41) is 13.2. The molecule has 2 rings (SSSR count). The van der Waals surface area contributed by atoms with E-state index in [1.807, 2.05) is 13.0 Å². The second-order valence-electron chi connectivity index (χ2n) is 2.85. The topological polar surface area (TPSA) is 46.3 Å². The van der Waals surface area contributed by atoms with Crippen LogP contribution in [0.25, 0.3) is 11.3 Å². The van der Waals surface area contributed by atoms with Gasteiger partial charge in [-0.05, 0) is 19.1 Å². The van der Waals surface area contributed by atoms with Gasteiger partial charge in [-0.25, -0.2) is 0 Å². The third-order valence-corrected chi connectivity index (χ3v) is 1.80. The van der Waals surface area contributed by atoms with E-state index in [0.29, 0.717) is 11.3 Å². The minimum Gasteiger partial charge on any atom is -0.507 e. The number of hydrogen-bond donors (Lipinski definition) is 1. The highest BCUT2D eigenvalue weighted by Gasteiger charge is 2.07. The summed E-state index contributed by atoms with van der Waals surface area (Å²) in [5.74, 6) is 0.800. The number of rotatable bonds is 1. The van der Waals surface area contributed by atoms with Gasteiger partial charge in [0.15, 0.2) is 5.76 Å². The summed E-state index contributed by atoms with van der Waals surface area (Å²) in [6.45, 7) is 1.84. The van der Waals surface area contributed by atoms with E-state index in [1.165, 1.54) is 0 Å². The molecule has 1 aromatic carbocycles. The van der Waals surface area contributed by atoms with E-state index >= 15 is 0 Å². The number of aromatic hydroxyl groups is 1. The summed E-state index contributed by atoms with van der Waals surface area (Å²) in [5.41, 5.74) is 1.47. The second-order valence-corrected chi connectivity index (χ2v) is 2.85. The lowest BCUT2D eigenvalue weighted by molar-refractivity contribution is 0.421. The van der Waals surface area contributed by atoms with E-state index in [1.54, 1.807) is 24.3 Å². The van der Waals surface area contributed by atoms with Gasteiger partial charge in [-0.3, -0.25) is 0 Å². The number of phenols is 1. The molecule has 1 heterocycles. The van der Waals surface area contributed by atoms with Crippen molar-refractivity contribution in [2.75, 3.05) is 0 Å². The molecule has 1 aromatic heterocycles. The first-order valence-corrected chi connectivity index (χ1v) is 3.99. The van der Waals surface area contributed by atoms with Gasteiger partial charge < -0.3 is 9.63 Å². The zero-order valence-electron chi connectivity index (χ0n) is 7.19. The number of nitrogens with zero attached hydrogens (tertiary/aromatic N) is 1. The minimum absolute atomic E-state index is 0.207. The first-order valence-electron chi connectivity index (χ1n) is 3.99. The molecular weight excluding hydrogens is 166 g/mol. The Morgan fingerprint density at radius 2 is 2.08 bits per heavy atom. The maximum Gasteiger partial charge on any atom is 0.170 e. The molecule has 0 fully saturated rings. The first kappa shape index (κ1) is 7.86. The first-order chi connectivity index (χ1) is 6.27. The van der Waals surface area contributed by atoms with Crippen molar-refractivity contribution in [1.82, 2.24) is 5.16 Å². The van der Waals surface area contributed by atoms with Crippen LogP contribution in [-0.2, 0) is 0 Å². The van der Waals surface area contributed by atoms with Crippen LogP contribution < -0.4 is 0 Å². The largest absolute Gasteiger partial charge is 0.507 e. The van der Waals surface area contributed by atoms with Gasteiger partial charge in [0.1, 0.15) is 5.75 Å². The Balaban J connectivity index is 2.52. The average molecular weight is 175 g/mol. The van der Waals surface area contributed by atoms with Crippen molar-refractivity contribution >= 4 is 0 Å². The molecule has 0 saturated heterocycles. The summed E-state index contributed by atoms with van der Waals surface area (Å²) in [4.78, 5) is 0. The van der Waals surface area contributed by atoms with Crippen LogP contribution in [0.5, 0.6) is 5.75 Å². The predicted molar refractivity (Wildman–Crippen MR) is 48.3 cm³/mol. The van der Waals surface area contributed by atoms with Gasteiger partial charge in [0, 0.05) is 6.07 Å². The zero-order valence-corrected chi connectivity index (χ0v) is 7.19. The van der Waals surface area contributed by atoms with Crippen molar-refractivity contribution in [3.63, 3.8) is 0 Å². The number of phenolic OH excluding ortho intramolecular Hbond substituents is 1. The molecule has 3 heteroatoms. The Hall–Kier alpha value is -1.77. The van der Waals surface area contributed by atoms with Crippen LogP contribution in [0.2, 0.25) is 0 Å². The smallest absolute Gasteiger partial charge is 0.170 e. The van der Waals surface area contributed by atoms with Crippen LogP contribution in [0.4, 0.5) is 0 Å². The van der Waals surface area contributed by atoms with E-state index in [-0.39, 0.29) is 5.75 Å². The number of para-hydroxylation sites is 1. The Kier molecular flexibility index (Phi) is 1.77. The van der Waals surface area contributed by atoms with Crippen LogP contribution in [0.15, 0.2) is 34.9 Å². The molecule has 0 radical (unpaired) electrons. The molecule has 0 atom stereocenters. The maximum atomic E-state index is 9.49. The number of aromatic nitrogens is 1. The lowest BCUT2D eigenvalue weighted by Crippen LogP contribution is -1.73. The summed E-state index contributed by atoms with van der Waals surface area (Å²) in [6.07, 6.45) is 0. The molecular formula is C10H9NO2. The van der Waals surface area contributed by atoms with Crippen molar-refractivity contribution in [3.8, 4) is 17.1 Å². The Labute approximate surface area is 75.6 Å². The SMILES string of the molecule is Cc1cc(-c2ccccc2O)on1. The van der Waals surface area contributed by atoms with Gasteiger partial charge in [-0.2, -0.15) is 0 Å². The Morgan fingerprint density at radius 1 is 1.31 bits per heavy atom. The molecule has 2 aromatic rings. The van der Waals surface area contributed by atoms with Crippen molar-refractivity contribution < 1.29 is 9.63 Å². The van der Waals surface area contributed by atoms with Crippen LogP contribution in [0.1, 0.15) is 5.69 Å². The predicted octanol–water partition coefficient (Wildman–Crippen LogP) is 2.36. The standard InChI is InChI=1S/C10H9NO2/c1-7-6-10(13-11-7)8-4-2-3-5-9(8)12/h2-6,12H,1H3. The summed E-state index contributed by atoms with van der Waals surface area (Å²) >= 11 is 0. The van der Waals surface area contributed by atoms with Crippen LogP contribution >= 0.6 is 0 Å². The number of benzene rings is 1. The third kappa shape index (κ3) is 1.40. The van der Waals surface area contributed by atoms with Crippen LogP contribution in [0, 0.1) is 6.92 Å². The number of hydrogen-bond acceptors (Lipinski definition) is 3. The molecule has 0 aliphatic heterocycles. The van der Waals surface area contributed by atoms with Crippen molar-refractivity contribution in [3.05, 3.63) is 36.0 Å². The average Bonchev–Trinajstić information content (AvgIpc) is 2.53. The highest BCUT2D eigenvalue weighted by atomic mass is 16.5. The molecule has 66 valence electrons. The summed E-state index contributed by atoms with van der Waals surface area (Å²) in [6, 6.07) is 8.80. The number of aryl methyl sites for hydroxylation is 1. The molecule has 0 unspecified atom stereocenters. The van der Waals surface area contributed by atoms with Crippen LogP contribution in [0.3, 0.4) is 0 Å². The molecule has 1 N–H and O–H groups in total. The van der Waals surface area contributed by atoms with Crippen molar-refractivity contribution in [2.45, 2.75) is 6.92 Å². The lowest BCUT2D eigenvalue weighted by atomic mass is 10.1. The van der Waals surface area contributed by atoms with Gasteiger partial charge in [0.25, 0.3) is 0 Å². The van der Waals surface area contributed by atoms with Crippen molar-refractivity contribution in [1.29, 1.82) is 0 Å². The normalized spacial score (nSPS) is 10.2. The minimum atomic E-state index is 0.207. The van der Waals surface area contributed by atoms with E-state index < -0.39 is 0 Å². The lowest BCUT2D eigenvalue weighted by Gasteiger charge is -1.97. The molecule has 0 spiro atoms. The maximum absolute atomic E-state index is 9.49. The van der Waals surface area contributed by atoms with E-state index in [4.69, 9.17) is 4.52 Å². The van der Waals surface area contributed by atoms with Gasteiger partial charge in [-0.15, -0.1) is 0 Å². The fourth-order valence-electron chi connectivity index (χ4n) is 1.17. The molecule has 0 bridgehead atoms. The van der Waals surface area contributed by atoms with Crippen LogP contribution in [-0.4, -0.2) is 10.3 Å². The van der Waals surface area contributed by atoms with E-state index in [2.05, 4.69) is 5.16 Å². The van der Waals surface area contributed by atoms with Gasteiger partial charge >= 0.3 is 0 Å². The van der Waals surface area contributed by atoms with Gasteiger partial charge in [-0.1, -0.05) is 17.3 Å². The van der Waals surface area contributed by atoms with Crippen molar-refractivity contribution in [2.24, 2.45) is 0 Å². The van der Waals surface area contributed by atoms with Gasteiger partial charge in [0.2, 0.25) is 0 Å². The summed E-state index contributed by atoms with van der Waals surface area (Å²) < 4.78 is 5.02. The zero-order chi connectivity index (χ0) is 9.26. The van der Waals surface area contributed by atoms with Gasteiger partial charge in [0.05, 0.1) is 11.3 Å². The third-order valence-electron chi connectivity index (χ3n) is 1.80. The fourth-order valence-corrected chi connectivity index (χ4v) is 1.17.